The van der Waals surface area contributed by atoms with E-state index in [1.54, 1.807) is 0 Å². The van der Waals surface area contributed by atoms with Crippen molar-refractivity contribution in [3.8, 4) is 0 Å². The monoisotopic (exact) mass is 396 g/mol. The van der Waals surface area contributed by atoms with E-state index in [4.69, 9.17) is 0 Å². The zero-order chi connectivity index (χ0) is 19.7. The SMILES string of the molecule is C[C@]1(C=C2CCN(CC(F)(F)F)C2=O)[C@H](C(=O)O)N2C(=O)C[C@H]2S1(=O)=O. The summed E-state index contributed by atoms with van der Waals surface area (Å²) in [6, 6.07) is -1.73. The highest BCUT2D eigenvalue weighted by Crippen LogP contribution is 2.47. The number of halogens is 3. The van der Waals surface area contributed by atoms with Gasteiger partial charge >= 0.3 is 12.1 Å². The first-order chi connectivity index (χ1) is 11.8. The number of carboxylic acids is 1. The molecule has 3 fully saturated rings. The van der Waals surface area contributed by atoms with Crippen molar-refractivity contribution in [2.75, 3.05) is 13.1 Å². The molecular formula is C14H15F3N2O6S. The summed E-state index contributed by atoms with van der Waals surface area (Å²) >= 11 is 0. The molecule has 3 aliphatic heterocycles. The molecule has 3 aliphatic rings. The van der Waals surface area contributed by atoms with Gasteiger partial charge in [0.1, 0.15) is 16.7 Å². The van der Waals surface area contributed by atoms with Crippen molar-refractivity contribution in [2.45, 2.75) is 42.1 Å². The molecule has 0 aromatic heterocycles. The fourth-order valence-corrected chi connectivity index (χ4v) is 6.05. The lowest BCUT2D eigenvalue weighted by atomic mass is 9.94. The zero-order valence-corrected chi connectivity index (χ0v) is 14.3. The lowest BCUT2D eigenvalue weighted by molar-refractivity contribution is -0.157. The van der Waals surface area contributed by atoms with Crippen LogP contribution in [0.4, 0.5) is 13.2 Å². The molecule has 3 heterocycles. The van der Waals surface area contributed by atoms with E-state index >= 15 is 0 Å². The standard InChI is InChI=1S/C14H15F3N2O6S/c1-13(5-7-2-3-18(11(7)21)6-14(15,16)17)10(12(22)23)19-8(20)4-9(19)26(13,24)25/h5,9-10H,2-4,6H2,1H3,(H,22,23)/t9-,10+,13+/m1/s1. The smallest absolute Gasteiger partial charge is 0.406 e. The minimum atomic E-state index is -4.60. The van der Waals surface area contributed by atoms with Crippen LogP contribution in [0, 0.1) is 0 Å². The highest BCUT2D eigenvalue weighted by Gasteiger charge is 2.69. The van der Waals surface area contributed by atoms with Crippen molar-refractivity contribution in [2.24, 2.45) is 0 Å². The summed E-state index contributed by atoms with van der Waals surface area (Å²) in [4.78, 5) is 36.8. The molecule has 0 radical (unpaired) electrons. The summed E-state index contributed by atoms with van der Waals surface area (Å²) in [5, 5.41) is 8.14. The molecule has 3 rings (SSSR count). The summed E-state index contributed by atoms with van der Waals surface area (Å²) in [5.74, 6) is -3.17. The summed E-state index contributed by atoms with van der Waals surface area (Å²) < 4.78 is 60.9. The van der Waals surface area contributed by atoms with Crippen LogP contribution < -0.4 is 0 Å². The van der Waals surface area contributed by atoms with Gasteiger partial charge in [0, 0.05) is 12.1 Å². The fraction of sp³-hybridized carbons (Fsp3) is 0.643. The molecule has 0 aromatic carbocycles. The van der Waals surface area contributed by atoms with Gasteiger partial charge in [-0.1, -0.05) is 6.08 Å². The van der Waals surface area contributed by atoms with E-state index in [-0.39, 0.29) is 25.0 Å². The lowest BCUT2D eigenvalue weighted by Gasteiger charge is -2.35. The number of carbonyl (C=O) groups excluding carboxylic acids is 2. The molecular weight excluding hydrogens is 381 g/mol. The number of fused-ring (bicyclic) bond motifs is 1. The van der Waals surface area contributed by atoms with Gasteiger partial charge in [-0.3, -0.25) is 9.59 Å². The van der Waals surface area contributed by atoms with Crippen LogP contribution in [0.25, 0.3) is 0 Å². The van der Waals surface area contributed by atoms with Gasteiger partial charge < -0.3 is 14.9 Å². The Balaban J connectivity index is 1.99. The number of amides is 2. The van der Waals surface area contributed by atoms with Gasteiger partial charge in [-0.15, -0.1) is 0 Å². The predicted molar refractivity (Wildman–Crippen MR) is 79.3 cm³/mol. The molecule has 3 atom stereocenters. The summed E-state index contributed by atoms with van der Waals surface area (Å²) in [7, 11) is -4.16. The maximum absolute atomic E-state index is 12.7. The van der Waals surface area contributed by atoms with Crippen LogP contribution in [0.1, 0.15) is 19.8 Å². The second-order valence-corrected chi connectivity index (χ2v) is 9.20. The van der Waals surface area contributed by atoms with E-state index in [0.717, 1.165) is 17.9 Å². The Bertz CT molecular complexity index is 836. The Labute approximate surface area is 146 Å². The Morgan fingerprint density at radius 2 is 2.00 bits per heavy atom. The predicted octanol–water partition coefficient (Wildman–Crippen LogP) is -0.0939. The second-order valence-electron chi connectivity index (χ2n) is 6.69. The third-order valence-electron chi connectivity index (χ3n) is 5.02. The van der Waals surface area contributed by atoms with E-state index in [9.17, 15) is 41.1 Å². The molecule has 2 amide bonds. The Hall–Kier alpha value is -2.11. The highest BCUT2D eigenvalue weighted by atomic mass is 32.2. The molecule has 3 saturated heterocycles. The number of hydrogen-bond donors (Lipinski definition) is 1. The number of aliphatic carboxylic acids is 1. The molecule has 26 heavy (non-hydrogen) atoms. The molecule has 0 unspecified atom stereocenters. The average Bonchev–Trinajstić information content (AvgIpc) is 2.86. The average molecular weight is 396 g/mol. The van der Waals surface area contributed by atoms with Crippen LogP contribution >= 0.6 is 0 Å². The van der Waals surface area contributed by atoms with Gasteiger partial charge in [0.25, 0.3) is 0 Å². The van der Waals surface area contributed by atoms with Crippen LogP contribution in [0.3, 0.4) is 0 Å². The Kier molecular flexibility index (Phi) is 3.91. The first-order valence-electron chi connectivity index (χ1n) is 7.65. The second kappa shape index (κ2) is 5.44. The minimum Gasteiger partial charge on any atom is -0.480 e. The van der Waals surface area contributed by atoms with E-state index in [2.05, 4.69) is 0 Å². The number of hydrogen-bond acceptors (Lipinski definition) is 5. The fourth-order valence-electron chi connectivity index (χ4n) is 3.73. The van der Waals surface area contributed by atoms with Gasteiger partial charge in [-0.25, -0.2) is 13.2 Å². The molecule has 144 valence electrons. The Morgan fingerprint density at radius 3 is 2.50 bits per heavy atom. The van der Waals surface area contributed by atoms with Crippen LogP contribution in [-0.2, 0) is 24.2 Å². The third kappa shape index (κ3) is 2.49. The summed E-state index contributed by atoms with van der Waals surface area (Å²) in [6.07, 6.45) is -4.16. The first-order valence-corrected chi connectivity index (χ1v) is 9.19. The topological polar surface area (TPSA) is 112 Å². The maximum atomic E-state index is 12.7. The third-order valence-corrected chi connectivity index (χ3v) is 7.70. The van der Waals surface area contributed by atoms with Crippen molar-refractivity contribution in [3.05, 3.63) is 11.6 Å². The van der Waals surface area contributed by atoms with Crippen LogP contribution in [0.15, 0.2) is 11.6 Å². The summed E-state index contributed by atoms with van der Waals surface area (Å²) in [5.41, 5.74) is -0.193. The van der Waals surface area contributed by atoms with Crippen molar-refractivity contribution in [3.63, 3.8) is 0 Å². The molecule has 0 saturated carbocycles. The number of alkyl halides is 3. The number of likely N-dealkylation sites (tertiary alicyclic amines) is 1. The number of carboxylic acid groups (broad SMARTS) is 1. The lowest BCUT2D eigenvalue weighted by Crippen LogP contribution is -2.57. The van der Waals surface area contributed by atoms with Gasteiger partial charge in [-0.05, 0) is 13.3 Å². The molecule has 0 aromatic rings. The van der Waals surface area contributed by atoms with Crippen molar-refractivity contribution in [1.29, 1.82) is 0 Å². The van der Waals surface area contributed by atoms with E-state index in [1.807, 2.05) is 0 Å². The van der Waals surface area contributed by atoms with Gasteiger partial charge in [0.15, 0.2) is 15.9 Å². The number of sulfone groups is 1. The van der Waals surface area contributed by atoms with Gasteiger partial charge in [0.05, 0.1) is 6.42 Å². The Morgan fingerprint density at radius 1 is 1.38 bits per heavy atom. The van der Waals surface area contributed by atoms with E-state index in [1.165, 1.54) is 0 Å². The quantitative estimate of drug-likeness (QED) is 0.527. The molecule has 12 heteroatoms. The van der Waals surface area contributed by atoms with Gasteiger partial charge in [0.2, 0.25) is 11.8 Å². The molecule has 0 spiro atoms. The molecule has 0 bridgehead atoms. The first kappa shape index (κ1) is 18.7. The maximum Gasteiger partial charge on any atom is 0.406 e. The number of carbonyl (C=O) groups is 3. The number of rotatable bonds is 3. The highest BCUT2D eigenvalue weighted by molar-refractivity contribution is 7.94. The normalized spacial score (nSPS) is 35.0. The van der Waals surface area contributed by atoms with Gasteiger partial charge in [-0.2, -0.15) is 13.2 Å². The minimum absolute atomic E-state index is 0.134. The molecule has 8 nitrogen and oxygen atoms in total. The van der Waals surface area contributed by atoms with Crippen LogP contribution in [0.2, 0.25) is 0 Å². The van der Waals surface area contributed by atoms with Crippen molar-refractivity contribution in [1.82, 2.24) is 9.80 Å². The van der Waals surface area contributed by atoms with Crippen molar-refractivity contribution < 1.29 is 41.1 Å². The largest absolute Gasteiger partial charge is 0.480 e. The molecule has 0 aliphatic carbocycles. The van der Waals surface area contributed by atoms with E-state index in [0.29, 0.717) is 4.90 Å². The molecule has 1 N–H and O–H groups in total. The number of nitrogens with zero attached hydrogens (tertiary/aromatic N) is 2. The summed E-state index contributed by atoms with van der Waals surface area (Å²) in [6.45, 7) is -0.633. The zero-order valence-electron chi connectivity index (χ0n) is 13.5. The number of β-lactam (4-membered cyclic amide) rings is 1. The van der Waals surface area contributed by atoms with Crippen molar-refractivity contribution >= 4 is 27.6 Å². The van der Waals surface area contributed by atoms with Crippen LogP contribution in [0.5, 0.6) is 0 Å². The van der Waals surface area contributed by atoms with E-state index < -0.39 is 56.5 Å². The van der Waals surface area contributed by atoms with Crippen LogP contribution in [-0.4, -0.2) is 76.5 Å².